The van der Waals surface area contributed by atoms with Crippen LogP contribution in [-0.2, 0) is 6.42 Å². The minimum atomic E-state index is 0.712. The van der Waals surface area contributed by atoms with Gasteiger partial charge in [-0.2, -0.15) is 0 Å². The lowest BCUT2D eigenvalue weighted by Gasteiger charge is -2.37. The Bertz CT molecular complexity index is 390. The third-order valence-electron chi connectivity index (χ3n) is 4.54. The SMILES string of the molecule is CCCNC1CCC(CCC)CC1Cc1ccc(Cl)s1. The Morgan fingerprint density at radius 2 is 2.10 bits per heavy atom. The Hall–Kier alpha value is -0.0500. The van der Waals surface area contributed by atoms with Crippen LogP contribution >= 0.6 is 22.9 Å². The molecule has 0 amide bonds. The van der Waals surface area contributed by atoms with Crippen molar-refractivity contribution in [2.75, 3.05) is 6.54 Å². The molecule has 114 valence electrons. The molecule has 1 fully saturated rings. The molecule has 3 unspecified atom stereocenters. The van der Waals surface area contributed by atoms with Crippen LogP contribution in [0.4, 0.5) is 0 Å². The maximum absolute atomic E-state index is 6.08. The van der Waals surface area contributed by atoms with E-state index in [0.717, 1.165) is 22.7 Å². The summed E-state index contributed by atoms with van der Waals surface area (Å²) in [5.41, 5.74) is 0. The van der Waals surface area contributed by atoms with Crippen molar-refractivity contribution in [3.05, 3.63) is 21.3 Å². The fourth-order valence-corrected chi connectivity index (χ4v) is 4.76. The van der Waals surface area contributed by atoms with Crippen molar-refractivity contribution in [1.82, 2.24) is 5.32 Å². The van der Waals surface area contributed by atoms with Crippen molar-refractivity contribution < 1.29 is 0 Å². The summed E-state index contributed by atoms with van der Waals surface area (Å²) in [6.07, 6.45) is 9.33. The summed E-state index contributed by atoms with van der Waals surface area (Å²) in [4.78, 5) is 1.46. The summed E-state index contributed by atoms with van der Waals surface area (Å²) in [5, 5.41) is 3.78. The lowest BCUT2D eigenvalue weighted by molar-refractivity contribution is 0.194. The van der Waals surface area contributed by atoms with Gasteiger partial charge in [-0.25, -0.2) is 0 Å². The van der Waals surface area contributed by atoms with Gasteiger partial charge in [-0.05, 0) is 62.6 Å². The summed E-state index contributed by atoms with van der Waals surface area (Å²) >= 11 is 7.84. The van der Waals surface area contributed by atoms with Crippen molar-refractivity contribution in [3.63, 3.8) is 0 Å². The maximum atomic E-state index is 6.08. The third kappa shape index (κ3) is 4.75. The van der Waals surface area contributed by atoms with Crippen LogP contribution in [0, 0.1) is 11.8 Å². The quantitative estimate of drug-likeness (QED) is 0.698. The zero-order valence-electron chi connectivity index (χ0n) is 12.8. The van der Waals surface area contributed by atoms with E-state index >= 15 is 0 Å². The van der Waals surface area contributed by atoms with Gasteiger partial charge < -0.3 is 5.32 Å². The van der Waals surface area contributed by atoms with Crippen molar-refractivity contribution in [1.29, 1.82) is 0 Å². The van der Waals surface area contributed by atoms with Crippen molar-refractivity contribution in [2.24, 2.45) is 11.8 Å². The predicted molar refractivity (Wildman–Crippen MR) is 90.9 cm³/mol. The molecule has 0 aromatic carbocycles. The number of hydrogen-bond acceptors (Lipinski definition) is 2. The molecule has 1 nitrogen and oxygen atoms in total. The number of halogens is 1. The Balaban J connectivity index is 1.96. The Labute approximate surface area is 133 Å². The van der Waals surface area contributed by atoms with E-state index in [1.807, 2.05) is 6.07 Å². The lowest BCUT2D eigenvalue weighted by Crippen LogP contribution is -2.41. The van der Waals surface area contributed by atoms with Gasteiger partial charge in [-0.3, -0.25) is 0 Å². The van der Waals surface area contributed by atoms with E-state index in [4.69, 9.17) is 11.6 Å². The molecule has 20 heavy (non-hydrogen) atoms. The van der Waals surface area contributed by atoms with Crippen LogP contribution in [0.5, 0.6) is 0 Å². The molecule has 1 heterocycles. The summed E-state index contributed by atoms with van der Waals surface area (Å²) in [5.74, 6) is 1.74. The highest BCUT2D eigenvalue weighted by Gasteiger charge is 2.30. The second-order valence-electron chi connectivity index (χ2n) is 6.20. The van der Waals surface area contributed by atoms with E-state index in [9.17, 15) is 0 Å². The lowest BCUT2D eigenvalue weighted by atomic mass is 9.74. The van der Waals surface area contributed by atoms with E-state index in [0.29, 0.717) is 6.04 Å². The van der Waals surface area contributed by atoms with E-state index in [2.05, 4.69) is 25.2 Å². The highest BCUT2D eigenvalue weighted by atomic mass is 35.5. The molecule has 0 radical (unpaired) electrons. The Kier molecular flexibility index (Phi) is 6.86. The highest BCUT2D eigenvalue weighted by Crippen LogP contribution is 2.35. The first-order valence-corrected chi connectivity index (χ1v) is 9.40. The predicted octanol–water partition coefficient (Wildman–Crippen LogP) is 5.53. The second kappa shape index (κ2) is 8.41. The molecule has 0 bridgehead atoms. The fraction of sp³-hybridized carbons (Fsp3) is 0.765. The summed E-state index contributed by atoms with van der Waals surface area (Å²) < 4.78 is 0.930. The van der Waals surface area contributed by atoms with Crippen LogP contribution in [0.15, 0.2) is 12.1 Å². The molecule has 0 saturated heterocycles. The number of nitrogens with one attached hydrogen (secondary N) is 1. The van der Waals surface area contributed by atoms with E-state index in [-0.39, 0.29) is 0 Å². The largest absolute Gasteiger partial charge is 0.314 e. The molecule has 3 heteroatoms. The van der Waals surface area contributed by atoms with E-state index in [1.165, 1.54) is 49.8 Å². The minimum Gasteiger partial charge on any atom is -0.314 e. The zero-order chi connectivity index (χ0) is 14.4. The topological polar surface area (TPSA) is 12.0 Å². The van der Waals surface area contributed by atoms with Crippen LogP contribution in [0.25, 0.3) is 0 Å². The minimum absolute atomic E-state index is 0.712. The van der Waals surface area contributed by atoms with Crippen LogP contribution in [0.2, 0.25) is 4.34 Å². The van der Waals surface area contributed by atoms with E-state index in [1.54, 1.807) is 11.3 Å². The number of hydrogen-bond donors (Lipinski definition) is 1. The van der Waals surface area contributed by atoms with Crippen LogP contribution in [-0.4, -0.2) is 12.6 Å². The molecule has 1 saturated carbocycles. The number of rotatable bonds is 7. The molecule has 1 aromatic heterocycles. The smallest absolute Gasteiger partial charge is 0.0931 e. The fourth-order valence-electron chi connectivity index (χ4n) is 3.58. The van der Waals surface area contributed by atoms with Crippen LogP contribution < -0.4 is 5.32 Å². The van der Waals surface area contributed by atoms with E-state index < -0.39 is 0 Å². The molecule has 3 atom stereocenters. The molecule has 1 aliphatic rings. The van der Waals surface area contributed by atoms with Crippen molar-refractivity contribution in [2.45, 2.75) is 64.8 Å². The first-order valence-electron chi connectivity index (χ1n) is 8.20. The van der Waals surface area contributed by atoms with Gasteiger partial charge in [-0.1, -0.05) is 38.3 Å². The normalized spacial score (nSPS) is 26.9. The first kappa shape index (κ1) is 16.3. The summed E-state index contributed by atoms with van der Waals surface area (Å²) in [6.45, 7) is 5.73. The van der Waals surface area contributed by atoms with Gasteiger partial charge >= 0.3 is 0 Å². The summed E-state index contributed by atoms with van der Waals surface area (Å²) in [7, 11) is 0. The second-order valence-corrected chi connectivity index (χ2v) is 8.00. The highest BCUT2D eigenvalue weighted by molar-refractivity contribution is 7.16. The molecular formula is C17H28ClNS. The molecular weight excluding hydrogens is 286 g/mol. The monoisotopic (exact) mass is 313 g/mol. The van der Waals surface area contributed by atoms with Gasteiger partial charge in [0.15, 0.2) is 0 Å². The third-order valence-corrected chi connectivity index (χ3v) is 5.79. The standard InChI is InChI=1S/C17H28ClNS/c1-3-5-13-6-8-16(19-10-4-2)14(11-13)12-15-7-9-17(18)20-15/h7,9,13-14,16,19H,3-6,8,10-12H2,1-2H3. The molecule has 1 aliphatic carbocycles. The van der Waals surface area contributed by atoms with Gasteiger partial charge in [0.25, 0.3) is 0 Å². The van der Waals surface area contributed by atoms with Gasteiger partial charge in [0.2, 0.25) is 0 Å². The molecule has 0 aliphatic heterocycles. The van der Waals surface area contributed by atoms with Gasteiger partial charge in [0.1, 0.15) is 0 Å². The Morgan fingerprint density at radius 1 is 1.25 bits per heavy atom. The summed E-state index contributed by atoms with van der Waals surface area (Å²) in [6, 6.07) is 4.97. The molecule has 1 aromatic rings. The van der Waals surface area contributed by atoms with Gasteiger partial charge in [0, 0.05) is 10.9 Å². The van der Waals surface area contributed by atoms with Gasteiger partial charge in [-0.15, -0.1) is 11.3 Å². The van der Waals surface area contributed by atoms with Crippen molar-refractivity contribution in [3.8, 4) is 0 Å². The Morgan fingerprint density at radius 3 is 2.75 bits per heavy atom. The van der Waals surface area contributed by atoms with Gasteiger partial charge in [0.05, 0.1) is 4.34 Å². The molecule has 1 N–H and O–H groups in total. The molecule has 2 rings (SSSR count). The van der Waals surface area contributed by atoms with Crippen molar-refractivity contribution >= 4 is 22.9 Å². The zero-order valence-corrected chi connectivity index (χ0v) is 14.4. The average molecular weight is 314 g/mol. The maximum Gasteiger partial charge on any atom is 0.0931 e. The number of thiophene rings is 1. The van der Waals surface area contributed by atoms with Crippen LogP contribution in [0.3, 0.4) is 0 Å². The average Bonchev–Trinajstić information content (AvgIpc) is 2.84. The first-order chi connectivity index (χ1) is 9.72. The van der Waals surface area contributed by atoms with Crippen LogP contribution in [0.1, 0.15) is 57.2 Å². The molecule has 0 spiro atoms.